The molecule has 2 aromatic heterocycles. The van der Waals surface area contributed by atoms with Crippen molar-refractivity contribution in [3.8, 4) is 10.6 Å². The molecule has 3 aromatic rings. The van der Waals surface area contributed by atoms with E-state index in [1.165, 1.54) is 11.3 Å². The standard InChI is InChI=1S/C16H18N6OS2/c1-9(2)8-13(23)18-15(24)17-12-7-5-4-6-11(12)14-21-22-10(3)19-20-16(22)25-14/h4-7,9H,8H2,1-3H3,(H2,17,18,23,24). The second-order valence-corrected chi connectivity index (χ2v) is 7.36. The first kappa shape index (κ1) is 17.4. The van der Waals surface area contributed by atoms with Gasteiger partial charge < -0.3 is 10.6 Å². The van der Waals surface area contributed by atoms with Gasteiger partial charge in [0.1, 0.15) is 5.01 Å². The van der Waals surface area contributed by atoms with Crippen molar-refractivity contribution in [2.45, 2.75) is 27.2 Å². The van der Waals surface area contributed by atoms with Crippen LogP contribution in [0, 0.1) is 12.8 Å². The molecule has 0 radical (unpaired) electrons. The van der Waals surface area contributed by atoms with Crippen LogP contribution in [0.3, 0.4) is 0 Å². The van der Waals surface area contributed by atoms with Crippen LogP contribution in [0.4, 0.5) is 5.69 Å². The summed E-state index contributed by atoms with van der Waals surface area (Å²) in [5.41, 5.74) is 1.66. The molecule has 2 heterocycles. The third-order valence-electron chi connectivity index (χ3n) is 3.40. The molecule has 0 spiro atoms. The lowest BCUT2D eigenvalue weighted by atomic mass is 10.1. The number of benzene rings is 1. The minimum absolute atomic E-state index is 0.0978. The van der Waals surface area contributed by atoms with Gasteiger partial charge in [0.25, 0.3) is 0 Å². The van der Waals surface area contributed by atoms with Gasteiger partial charge in [-0.3, -0.25) is 4.79 Å². The number of hydrogen-bond donors (Lipinski definition) is 2. The Hall–Kier alpha value is -2.39. The molecule has 130 valence electrons. The number of fused-ring (bicyclic) bond motifs is 1. The summed E-state index contributed by atoms with van der Waals surface area (Å²) in [6, 6.07) is 7.67. The van der Waals surface area contributed by atoms with E-state index in [0.29, 0.717) is 6.42 Å². The van der Waals surface area contributed by atoms with Crippen LogP contribution in [0.2, 0.25) is 0 Å². The van der Waals surface area contributed by atoms with Crippen molar-refractivity contribution in [2.75, 3.05) is 5.32 Å². The highest BCUT2D eigenvalue weighted by Crippen LogP contribution is 2.31. The number of aryl methyl sites for hydroxylation is 1. The van der Waals surface area contributed by atoms with Crippen molar-refractivity contribution in [3.05, 3.63) is 30.1 Å². The first-order valence-corrected chi connectivity index (χ1v) is 9.05. The average molecular weight is 374 g/mol. The van der Waals surface area contributed by atoms with E-state index in [2.05, 4.69) is 25.9 Å². The van der Waals surface area contributed by atoms with E-state index in [4.69, 9.17) is 12.2 Å². The Bertz CT molecular complexity index is 930. The molecule has 2 N–H and O–H groups in total. The van der Waals surface area contributed by atoms with E-state index < -0.39 is 0 Å². The smallest absolute Gasteiger partial charge is 0.234 e. The van der Waals surface area contributed by atoms with Crippen molar-refractivity contribution in [2.24, 2.45) is 5.92 Å². The van der Waals surface area contributed by atoms with Gasteiger partial charge in [0.05, 0.1) is 5.69 Å². The summed E-state index contributed by atoms with van der Waals surface area (Å²) >= 11 is 6.70. The molecule has 0 atom stereocenters. The fourth-order valence-corrected chi connectivity index (χ4v) is 3.45. The first-order valence-electron chi connectivity index (χ1n) is 7.83. The molecule has 0 unspecified atom stereocenters. The molecule has 0 saturated heterocycles. The normalized spacial score (nSPS) is 11.0. The van der Waals surface area contributed by atoms with E-state index in [9.17, 15) is 4.79 Å². The average Bonchev–Trinajstić information content (AvgIpc) is 3.09. The maximum atomic E-state index is 11.9. The lowest BCUT2D eigenvalue weighted by molar-refractivity contribution is -0.120. The SMILES string of the molecule is Cc1nnc2sc(-c3ccccc3NC(=S)NC(=O)CC(C)C)nn12. The molecule has 25 heavy (non-hydrogen) atoms. The number of thiocarbonyl (C=S) groups is 1. The zero-order valence-electron chi connectivity index (χ0n) is 14.1. The van der Waals surface area contributed by atoms with Crippen molar-refractivity contribution >= 4 is 45.2 Å². The molecule has 0 aliphatic carbocycles. The van der Waals surface area contributed by atoms with Crippen LogP contribution >= 0.6 is 23.6 Å². The molecule has 9 heteroatoms. The molecule has 7 nitrogen and oxygen atoms in total. The molecule has 0 aliphatic rings. The van der Waals surface area contributed by atoms with Crippen molar-refractivity contribution < 1.29 is 4.79 Å². The highest BCUT2D eigenvalue weighted by molar-refractivity contribution is 7.80. The number of rotatable bonds is 4. The summed E-state index contributed by atoms with van der Waals surface area (Å²) in [4.78, 5) is 12.6. The number of amides is 1. The second-order valence-electron chi connectivity index (χ2n) is 5.99. The van der Waals surface area contributed by atoms with Crippen molar-refractivity contribution in [1.29, 1.82) is 0 Å². The van der Waals surface area contributed by atoms with E-state index in [0.717, 1.165) is 27.0 Å². The van der Waals surface area contributed by atoms with Crippen molar-refractivity contribution in [1.82, 2.24) is 25.1 Å². The maximum absolute atomic E-state index is 11.9. The summed E-state index contributed by atoms with van der Waals surface area (Å²) in [6.07, 6.45) is 0.430. The number of carbonyl (C=O) groups excluding carboxylic acids is 1. The Kier molecular flexibility index (Phi) is 5.05. The van der Waals surface area contributed by atoms with Gasteiger partial charge in [-0.25, -0.2) is 0 Å². The molecule has 0 bridgehead atoms. The van der Waals surface area contributed by atoms with Gasteiger partial charge in [-0.15, -0.1) is 10.2 Å². The number of nitrogens with one attached hydrogen (secondary N) is 2. The molecule has 3 rings (SSSR count). The van der Waals surface area contributed by atoms with Crippen molar-refractivity contribution in [3.63, 3.8) is 0 Å². The van der Waals surface area contributed by atoms with Gasteiger partial charge in [-0.05, 0) is 37.2 Å². The molecule has 0 saturated carbocycles. The largest absolute Gasteiger partial charge is 0.332 e. The number of aromatic nitrogens is 4. The van der Waals surface area contributed by atoms with Gasteiger partial charge in [0.2, 0.25) is 10.9 Å². The Balaban J connectivity index is 1.81. The monoisotopic (exact) mass is 374 g/mol. The predicted octanol–water partition coefficient (Wildman–Crippen LogP) is 3.02. The third kappa shape index (κ3) is 3.99. The third-order valence-corrected chi connectivity index (χ3v) is 4.54. The van der Waals surface area contributed by atoms with Gasteiger partial charge in [0, 0.05) is 12.0 Å². The maximum Gasteiger partial charge on any atom is 0.234 e. The Labute approximate surface area is 154 Å². The van der Waals surface area contributed by atoms with Crippen LogP contribution in [0.25, 0.3) is 15.5 Å². The number of carbonyl (C=O) groups is 1. The molecule has 0 fully saturated rings. The minimum atomic E-state index is -0.0978. The van der Waals surface area contributed by atoms with Gasteiger partial charge in [0.15, 0.2) is 10.9 Å². The lowest BCUT2D eigenvalue weighted by Gasteiger charge is -2.12. The lowest BCUT2D eigenvalue weighted by Crippen LogP contribution is -2.34. The Morgan fingerprint density at radius 2 is 2.08 bits per heavy atom. The van der Waals surface area contributed by atoms with Crippen LogP contribution in [0.5, 0.6) is 0 Å². The molecule has 1 amide bonds. The number of anilines is 1. The minimum Gasteiger partial charge on any atom is -0.332 e. The second kappa shape index (κ2) is 7.24. The van der Waals surface area contributed by atoms with Crippen LogP contribution in [0.1, 0.15) is 26.1 Å². The quantitative estimate of drug-likeness (QED) is 0.683. The Morgan fingerprint density at radius 1 is 1.32 bits per heavy atom. The van der Waals surface area contributed by atoms with Crippen LogP contribution in [0.15, 0.2) is 24.3 Å². The van der Waals surface area contributed by atoms with E-state index >= 15 is 0 Å². The van der Waals surface area contributed by atoms with Gasteiger partial charge in [-0.2, -0.15) is 9.61 Å². The topological polar surface area (TPSA) is 84.2 Å². The zero-order chi connectivity index (χ0) is 18.0. The predicted molar refractivity (Wildman–Crippen MR) is 103 cm³/mol. The summed E-state index contributed by atoms with van der Waals surface area (Å²) in [5, 5.41) is 19.5. The molecule has 0 aliphatic heterocycles. The van der Waals surface area contributed by atoms with Crippen LogP contribution in [-0.2, 0) is 4.79 Å². The van der Waals surface area contributed by atoms with Gasteiger partial charge >= 0.3 is 0 Å². The molecular formula is C16H18N6OS2. The van der Waals surface area contributed by atoms with E-state index in [1.54, 1.807) is 4.52 Å². The summed E-state index contributed by atoms with van der Waals surface area (Å²) in [5.74, 6) is 0.914. The summed E-state index contributed by atoms with van der Waals surface area (Å²) in [6.45, 7) is 5.83. The number of hydrogen-bond acceptors (Lipinski definition) is 6. The highest BCUT2D eigenvalue weighted by Gasteiger charge is 2.14. The summed E-state index contributed by atoms with van der Waals surface area (Å²) < 4.78 is 1.71. The van der Waals surface area contributed by atoms with E-state index in [1.807, 2.05) is 45.0 Å². The highest BCUT2D eigenvalue weighted by atomic mass is 32.1. The first-order chi connectivity index (χ1) is 11.9. The van der Waals surface area contributed by atoms with E-state index in [-0.39, 0.29) is 16.9 Å². The Morgan fingerprint density at radius 3 is 2.80 bits per heavy atom. The van der Waals surface area contributed by atoms with Crippen LogP contribution in [-0.4, -0.2) is 30.8 Å². The number of para-hydroxylation sites is 1. The number of nitrogens with zero attached hydrogens (tertiary/aromatic N) is 4. The van der Waals surface area contributed by atoms with Gasteiger partial charge in [-0.1, -0.05) is 37.3 Å². The zero-order valence-corrected chi connectivity index (χ0v) is 15.7. The molecular weight excluding hydrogens is 356 g/mol. The fraction of sp³-hybridized carbons (Fsp3) is 0.312. The van der Waals surface area contributed by atoms with Crippen LogP contribution < -0.4 is 10.6 Å². The fourth-order valence-electron chi connectivity index (χ4n) is 2.30. The summed E-state index contributed by atoms with van der Waals surface area (Å²) in [7, 11) is 0. The molecule has 1 aromatic carbocycles.